The highest BCUT2D eigenvalue weighted by Gasteiger charge is 2.26. The number of halogens is 4. The predicted octanol–water partition coefficient (Wildman–Crippen LogP) is 3.27. The number of ether oxygens (including phenoxy) is 1. The van der Waals surface area contributed by atoms with Gasteiger partial charge in [-0.25, -0.2) is 0 Å². The number of aliphatic hydroxyl groups is 1. The van der Waals surface area contributed by atoms with Crippen LogP contribution in [0.2, 0.25) is 0 Å². The Kier molecular flexibility index (Phi) is 4.61. The number of rotatable bonds is 4. The van der Waals surface area contributed by atoms with Crippen molar-refractivity contribution in [2.75, 3.05) is 6.61 Å². The normalized spacial score (nSPS) is 11.6. The summed E-state index contributed by atoms with van der Waals surface area (Å²) in [6.45, 7) is -0.540. The van der Waals surface area contributed by atoms with Gasteiger partial charge in [0.05, 0.1) is 24.1 Å². The second kappa shape index (κ2) is 5.54. The zero-order valence-corrected chi connectivity index (χ0v) is 9.81. The first-order chi connectivity index (χ1) is 7.42. The standard InChI is InChI=1S/C10H10BrF3O2/c11-8-5-7(6-15)1-2-9(8)16-4-3-10(12,13)14/h1-2,5,15H,3-4,6H2. The van der Waals surface area contributed by atoms with Crippen molar-refractivity contribution in [2.24, 2.45) is 0 Å². The van der Waals surface area contributed by atoms with Crippen molar-refractivity contribution in [2.45, 2.75) is 19.2 Å². The summed E-state index contributed by atoms with van der Waals surface area (Å²) < 4.78 is 41.1. The lowest BCUT2D eigenvalue weighted by Gasteiger charge is -2.10. The minimum absolute atomic E-state index is 0.124. The van der Waals surface area contributed by atoms with Crippen LogP contribution in [0.5, 0.6) is 5.75 Å². The molecule has 0 aliphatic carbocycles. The Bertz CT molecular complexity index is 352. The molecule has 0 amide bonds. The Labute approximate surface area is 99.2 Å². The third-order valence-electron chi connectivity index (χ3n) is 1.82. The first kappa shape index (κ1) is 13.3. The summed E-state index contributed by atoms with van der Waals surface area (Å²) in [6.07, 6.45) is -5.20. The van der Waals surface area contributed by atoms with Crippen LogP contribution in [0.3, 0.4) is 0 Å². The minimum atomic E-state index is -4.21. The number of aliphatic hydroxyl groups excluding tert-OH is 1. The molecule has 0 unspecified atom stereocenters. The first-order valence-corrected chi connectivity index (χ1v) is 5.30. The summed E-state index contributed by atoms with van der Waals surface area (Å²) in [5, 5.41) is 8.83. The molecule has 0 saturated heterocycles. The van der Waals surface area contributed by atoms with Crippen LogP contribution >= 0.6 is 15.9 Å². The highest BCUT2D eigenvalue weighted by Crippen LogP contribution is 2.27. The van der Waals surface area contributed by atoms with Crippen LogP contribution in [-0.4, -0.2) is 17.9 Å². The van der Waals surface area contributed by atoms with E-state index in [0.29, 0.717) is 15.8 Å². The van der Waals surface area contributed by atoms with Gasteiger partial charge in [0.2, 0.25) is 0 Å². The van der Waals surface area contributed by atoms with Gasteiger partial charge in [-0.3, -0.25) is 0 Å². The van der Waals surface area contributed by atoms with E-state index in [1.54, 1.807) is 12.1 Å². The maximum atomic E-state index is 11.9. The molecule has 0 bridgehead atoms. The van der Waals surface area contributed by atoms with Crippen LogP contribution in [0, 0.1) is 0 Å². The molecule has 0 aliphatic rings. The fourth-order valence-corrected chi connectivity index (χ4v) is 1.58. The van der Waals surface area contributed by atoms with Crippen LogP contribution < -0.4 is 4.74 Å². The molecule has 1 rings (SSSR count). The lowest BCUT2D eigenvalue weighted by atomic mass is 10.2. The van der Waals surface area contributed by atoms with Gasteiger partial charge in [0.1, 0.15) is 5.75 Å². The van der Waals surface area contributed by atoms with Gasteiger partial charge in [-0.15, -0.1) is 0 Å². The van der Waals surface area contributed by atoms with E-state index in [1.165, 1.54) is 6.07 Å². The van der Waals surface area contributed by atoms with E-state index >= 15 is 0 Å². The number of hydrogen-bond acceptors (Lipinski definition) is 2. The molecule has 1 N–H and O–H groups in total. The molecular formula is C10H10BrF3O2. The van der Waals surface area contributed by atoms with E-state index in [-0.39, 0.29) is 6.61 Å². The molecule has 0 atom stereocenters. The van der Waals surface area contributed by atoms with Gasteiger partial charge in [0.15, 0.2) is 0 Å². The summed E-state index contributed by atoms with van der Waals surface area (Å²) in [4.78, 5) is 0. The molecule has 0 aliphatic heterocycles. The molecule has 0 spiro atoms. The van der Waals surface area contributed by atoms with Gasteiger partial charge in [-0.1, -0.05) is 6.07 Å². The van der Waals surface area contributed by atoms with Crippen LogP contribution in [-0.2, 0) is 6.61 Å². The molecule has 0 saturated carbocycles. The lowest BCUT2D eigenvalue weighted by Crippen LogP contribution is -2.13. The fraction of sp³-hybridized carbons (Fsp3) is 0.400. The molecule has 0 fully saturated rings. The Morgan fingerprint density at radius 1 is 1.31 bits per heavy atom. The summed E-state index contributed by atoms with van der Waals surface area (Å²) >= 11 is 3.15. The maximum absolute atomic E-state index is 11.9. The third-order valence-corrected chi connectivity index (χ3v) is 2.44. The molecule has 0 heterocycles. The summed E-state index contributed by atoms with van der Waals surface area (Å²) in [7, 11) is 0. The minimum Gasteiger partial charge on any atom is -0.492 e. The van der Waals surface area contributed by atoms with Gasteiger partial charge >= 0.3 is 6.18 Å². The molecular weight excluding hydrogens is 289 g/mol. The first-order valence-electron chi connectivity index (χ1n) is 4.51. The Morgan fingerprint density at radius 2 is 2.00 bits per heavy atom. The molecule has 2 nitrogen and oxygen atoms in total. The maximum Gasteiger partial charge on any atom is 0.392 e. The van der Waals surface area contributed by atoms with E-state index < -0.39 is 19.2 Å². The van der Waals surface area contributed by atoms with Crippen molar-refractivity contribution in [3.05, 3.63) is 28.2 Å². The number of alkyl halides is 3. The van der Waals surface area contributed by atoms with Crippen molar-refractivity contribution >= 4 is 15.9 Å². The van der Waals surface area contributed by atoms with Crippen molar-refractivity contribution in [3.63, 3.8) is 0 Å². The smallest absolute Gasteiger partial charge is 0.392 e. The van der Waals surface area contributed by atoms with Crippen LogP contribution in [0.1, 0.15) is 12.0 Å². The van der Waals surface area contributed by atoms with Crippen molar-refractivity contribution in [1.29, 1.82) is 0 Å². The quantitative estimate of drug-likeness (QED) is 0.924. The zero-order valence-electron chi connectivity index (χ0n) is 8.22. The number of benzene rings is 1. The largest absolute Gasteiger partial charge is 0.492 e. The van der Waals surface area contributed by atoms with Gasteiger partial charge in [0, 0.05) is 0 Å². The van der Waals surface area contributed by atoms with Crippen LogP contribution in [0.25, 0.3) is 0 Å². The average molecular weight is 299 g/mol. The van der Waals surface area contributed by atoms with E-state index in [9.17, 15) is 13.2 Å². The Hall–Kier alpha value is -0.750. The van der Waals surface area contributed by atoms with Gasteiger partial charge < -0.3 is 9.84 Å². The molecule has 1 aromatic rings. The molecule has 90 valence electrons. The van der Waals surface area contributed by atoms with Crippen LogP contribution in [0.15, 0.2) is 22.7 Å². The predicted molar refractivity (Wildman–Crippen MR) is 56.2 cm³/mol. The number of hydrogen-bond donors (Lipinski definition) is 1. The van der Waals surface area contributed by atoms with E-state index in [4.69, 9.17) is 9.84 Å². The van der Waals surface area contributed by atoms with E-state index in [0.717, 1.165) is 0 Å². The zero-order chi connectivity index (χ0) is 12.2. The average Bonchev–Trinajstić information content (AvgIpc) is 2.18. The van der Waals surface area contributed by atoms with Crippen LogP contribution in [0.4, 0.5) is 13.2 Å². The molecule has 16 heavy (non-hydrogen) atoms. The molecule has 1 aromatic carbocycles. The van der Waals surface area contributed by atoms with Gasteiger partial charge in [-0.05, 0) is 33.6 Å². The third kappa shape index (κ3) is 4.40. The van der Waals surface area contributed by atoms with E-state index in [2.05, 4.69) is 15.9 Å². The summed E-state index contributed by atoms with van der Waals surface area (Å²) in [5.74, 6) is 0.335. The molecule has 6 heteroatoms. The SMILES string of the molecule is OCc1ccc(OCCC(F)(F)F)c(Br)c1. The van der Waals surface area contributed by atoms with Crippen molar-refractivity contribution in [1.82, 2.24) is 0 Å². The Morgan fingerprint density at radius 3 is 2.50 bits per heavy atom. The topological polar surface area (TPSA) is 29.5 Å². The second-order valence-corrected chi connectivity index (χ2v) is 3.99. The van der Waals surface area contributed by atoms with Crippen molar-refractivity contribution < 1.29 is 23.0 Å². The lowest BCUT2D eigenvalue weighted by molar-refractivity contribution is -0.139. The summed E-state index contributed by atoms with van der Waals surface area (Å²) in [5.41, 5.74) is 0.662. The highest BCUT2D eigenvalue weighted by molar-refractivity contribution is 9.10. The molecule has 0 radical (unpaired) electrons. The monoisotopic (exact) mass is 298 g/mol. The van der Waals surface area contributed by atoms with Crippen molar-refractivity contribution in [3.8, 4) is 5.75 Å². The fourth-order valence-electron chi connectivity index (χ4n) is 1.04. The highest BCUT2D eigenvalue weighted by atomic mass is 79.9. The second-order valence-electron chi connectivity index (χ2n) is 3.14. The summed E-state index contributed by atoms with van der Waals surface area (Å²) in [6, 6.07) is 4.71. The van der Waals surface area contributed by atoms with Gasteiger partial charge in [0.25, 0.3) is 0 Å². The molecule has 0 aromatic heterocycles. The van der Waals surface area contributed by atoms with E-state index in [1.807, 2.05) is 0 Å². The van der Waals surface area contributed by atoms with Gasteiger partial charge in [-0.2, -0.15) is 13.2 Å². The Balaban J connectivity index is 2.55.